The van der Waals surface area contributed by atoms with Crippen LogP contribution in [-0.2, 0) is 0 Å². The predicted octanol–water partition coefficient (Wildman–Crippen LogP) is 2.40. The van der Waals surface area contributed by atoms with Crippen LogP contribution in [-0.4, -0.2) is 40.3 Å². The van der Waals surface area contributed by atoms with Crippen molar-refractivity contribution in [2.45, 2.75) is 0 Å². The van der Waals surface area contributed by atoms with E-state index in [9.17, 15) is 9.59 Å². The van der Waals surface area contributed by atoms with Crippen molar-refractivity contribution in [3.8, 4) is 23.0 Å². The van der Waals surface area contributed by atoms with Crippen LogP contribution >= 0.6 is 22.6 Å². The van der Waals surface area contributed by atoms with Gasteiger partial charge in [0.1, 0.15) is 0 Å². The number of hydrogen-bond acceptors (Lipinski definition) is 6. The largest absolute Gasteiger partial charge is 0.493 e. The molecule has 2 rings (SSSR count). The van der Waals surface area contributed by atoms with Crippen LogP contribution in [0.2, 0.25) is 0 Å². The lowest BCUT2D eigenvalue weighted by molar-refractivity contribution is 0.0846. The molecule has 0 saturated heterocycles. The Morgan fingerprint density at radius 3 is 1.85 bits per heavy atom. The zero-order chi connectivity index (χ0) is 20.0. The van der Waals surface area contributed by atoms with E-state index in [1.807, 2.05) is 22.6 Å². The smallest absolute Gasteiger partial charge is 0.270 e. The van der Waals surface area contributed by atoms with Gasteiger partial charge in [0.25, 0.3) is 11.8 Å². The molecular formula is C18H19IN2O6. The van der Waals surface area contributed by atoms with E-state index in [0.29, 0.717) is 37.7 Å². The normalized spacial score (nSPS) is 9.96. The maximum atomic E-state index is 12.4. The van der Waals surface area contributed by atoms with Crippen LogP contribution in [0.4, 0.5) is 0 Å². The highest BCUT2D eigenvalue weighted by molar-refractivity contribution is 14.1. The third-order valence-electron chi connectivity index (χ3n) is 3.65. The molecule has 0 aliphatic heterocycles. The van der Waals surface area contributed by atoms with Gasteiger partial charge < -0.3 is 18.9 Å². The zero-order valence-electron chi connectivity index (χ0n) is 15.2. The first-order chi connectivity index (χ1) is 12.9. The molecule has 2 aromatic rings. The van der Waals surface area contributed by atoms with E-state index in [4.69, 9.17) is 18.9 Å². The number of carbonyl (C=O) groups excluding carboxylic acids is 2. The van der Waals surface area contributed by atoms with Crippen molar-refractivity contribution in [2.24, 2.45) is 0 Å². The molecule has 9 heteroatoms. The maximum absolute atomic E-state index is 12.4. The van der Waals surface area contributed by atoms with Crippen molar-refractivity contribution in [3.63, 3.8) is 0 Å². The topological polar surface area (TPSA) is 95.1 Å². The Morgan fingerprint density at radius 1 is 0.741 bits per heavy atom. The molecule has 0 aliphatic carbocycles. The van der Waals surface area contributed by atoms with E-state index in [-0.39, 0.29) is 0 Å². The summed E-state index contributed by atoms with van der Waals surface area (Å²) in [6, 6.07) is 7.89. The van der Waals surface area contributed by atoms with E-state index in [1.165, 1.54) is 34.5 Å². The molecular weight excluding hydrogens is 467 g/mol. The average Bonchev–Trinajstić information content (AvgIpc) is 2.70. The number of hydrogen-bond donors (Lipinski definition) is 2. The first-order valence-corrected chi connectivity index (χ1v) is 8.77. The van der Waals surface area contributed by atoms with E-state index in [0.717, 1.165) is 0 Å². The maximum Gasteiger partial charge on any atom is 0.270 e. The van der Waals surface area contributed by atoms with Gasteiger partial charge in [0, 0.05) is 9.13 Å². The first-order valence-electron chi connectivity index (χ1n) is 7.69. The molecule has 0 atom stereocenters. The van der Waals surface area contributed by atoms with Crippen LogP contribution in [0.5, 0.6) is 23.0 Å². The summed E-state index contributed by atoms with van der Waals surface area (Å²) in [5.74, 6) is 0.833. The second-order valence-corrected chi connectivity index (χ2v) is 6.33. The van der Waals surface area contributed by atoms with Crippen LogP contribution in [0.1, 0.15) is 20.7 Å². The highest BCUT2D eigenvalue weighted by Gasteiger charge is 2.17. The van der Waals surface area contributed by atoms with Gasteiger partial charge in [-0.05, 0) is 52.9 Å². The molecule has 2 amide bonds. The van der Waals surface area contributed by atoms with Gasteiger partial charge in [-0.3, -0.25) is 20.4 Å². The standard InChI is InChI=1S/C18H19IN2O6/c1-24-13-6-5-10(7-14(13)25-2)17(22)20-21-18(23)11-8-15(26-3)16(27-4)9-12(11)19/h5-9H,1-4H3,(H,20,22)(H,21,23). The molecule has 0 aliphatic rings. The Bertz CT molecular complexity index is 856. The molecule has 0 saturated carbocycles. The molecule has 2 aromatic carbocycles. The summed E-state index contributed by atoms with van der Waals surface area (Å²) in [7, 11) is 5.96. The Hall–Kier alpha value is -2.69. The molecule has 0 aromatic heterocycles. The fourth-order valence-electron chi connectivity index (χ4n) is 2.26. The molecule has 0 bridgehead atoms. The number of methoxy groups -OCH3 is 4. The van der Waals surface area contributed by atoms with Gasteiger partial charge in [0.15, 0.2) is 23.0 Å². The van der Waals surface area contributed by atoms with Crippen molar-refractivity contribution in [1.82, 2.24) is 10.9 Å². The third-order valence-corrected chi connectivity index (χ3v) is 4.55. The van der Waals surface area contributed by atoms with E-state index >= 15 is 0 Å². The summed E-state index contributed by atoms with van der Waals surface area (Å²) >= 11 is 2.00. The molecule has 2 N–H and O–H groups in total. The minimum Gasteiger partial charge on any atom is -0.493 e. The highest BCUT2D eigenvalue weighted by Crippen LogP contribution is 2.31. The molecule has 27 heavy (non-hydrogen) atoms. The lowest BCUT2D eigenvalue weighted by Gasteiger charge is -2.13. The minimum atomic E-state index is -0.500. The summed E-state index contributed by atoms with van der Waals surface area (Å²) in [5, 5.41) is 0. The van der Waals surface area contributed by atoms with Gasteiger partial charge in [-0.25, -0.2) is 0 Å². The van der Waals surface area contributed by atoms with Gasteiger partial charge in [0.05, 0.1) is 34.0 Å². The number of nitrogens with one attached hydrogen (secondary N) is 2. The SMILES string of the molecule is COc1ccc(C(=O)NNC(=O)c2cc(OC)c(OC)cc2I)cc1OC. The second-order valence-electron chi connectivity index (χ2n) is 5.17. The minimum absolute atomic E-state index is 0.301. The summed E-state index contributed by atoms with van der Waals surface area (Å²) in [6.45, 7) is 0. The summed E-state index contributed by atoms with van der Waals surface area (Å²) in [6.07, 6.45) is 0. The van der Waals surface area contributed by atoms with Crippen molar-refractivity contribution < 1.29 is 28.5 Å². The van der Waals surface area contributed by atoms with Gasteiger partial charge in [0.2, 0.25) is 0 Å². The molecule has 0 unspecified atom stereocenters. The Morgan fingerprint density at radius 2 is 1.26 bits per heavy atom. The zero-order valence-corrected chi connectivity index (χ0v) is 17.4. The molecule has 0 fully saturated rings. The lowest BCUT2D eigenvalue weighted by atomic mass is 10.2. The van der Waals surface area contributed by atoms with Gasteiger partial charge >= 0.3 is 0 Å². The number of benzene rings is 2. The third kappa shape index (κ3) is 4.73. The summed E-state index contributed by atoms with van der Waals surface area (Å²) in [4.78, 5) is 24.7. The molecule has 0 spiro atoms. The van der Waals surface area contributed by atoms with E-state index in [1.54, 1.807) is 24.3 Å². The van der Waals surface area contributed by atoms with E-state index < -0.39 is 11.8 Å². The van der Waals surface area contributed by atoms with Crippen molar-refractivity contribution >= 4 is 34.4 Å². The highest BCUT2D eigenvalue weighted by atomic mass is 127. The van der Waals surface area contributed by atoms with Crippen molar-refractivity contribution in [1.29, 1.82) is 0 Å². The number of halogens is 1. The molecule has 8 nitrogen and oxygen atoms in total. The van der Waals surface area contributed by atoms with Crippen molar-refractivity contribution in [3.05, 3.63) is 45.0 Å². The van der Waals surface area contributed by atoms with Crippen molar-refractivity contribution in [2.75, 3.05) is 28.4 Å². The van der Waals surface area contributed by atoms with Crippen LogP contribution < -0.4 is 29.8 Å². The monoisotopic (exact) mass is 486 g/mol. The van der Waals surface area contributed by atoms with Crippen LogP contribution in [0.15, 0.2) is 30.3 Å². The number of amides is 2. The molecule has 0 heterocycles. The van der Waals surface area contributed by atoms with Crippen LogP contribution in [0.25, 0.3) is 0 Å². The number of rotatable bonds is 6. The summed E-state index contributed by atoms with van der Waals surface area (Å²) in [5.41, 5.74) is 5.39. The van der Waals surface area contributed by atoms with Crippen LogP contribution in [0.3, 0.4) is 0 Å². The Labute approximate surface area is 170 Å². The Balaban J connectivity index is 2.12. The second kappa shape index (κ2) is 9.31. The fraction of sp³-hybridized carbons (Fsp3) is 0.222. The van der Waals surface area contributed by atoms with Crippen LogP contribution in [0, 0.1) is 3.57 Å². The molecule has 144 valence electrons. The van der Waals surface area contributed by atoms with Gasteiger partial charge in [-0.15, -0.1) is 0 Å². The fourth-order valence-corrected chi connectivity index (χ4v) is 2.94. The van der Waals surface area contributed by atoms with E-state index in [2.05, 4.69) is 10.9 Å². The Kier molecular flexibility index (Phi) is 7.11. The number of ether oxygens (including phenoxy) is 4. The predicted molar refractivity (Wildman–Crippen MR) is 107 cm³/mol. The average molecular weight is 486 g/mol. The lowest BCUT2D eigenvalue weighted by Crippen LogP contribution is -2.41. The summed E-state index contributed by atoms with van der Waals surface area (Å²) < 4.78 is 21.3. The molecule has 0 radical (unpaired) electrons. The number of hydrazine groups is 1. The number of carbonyl (C=O) groups is 2. The van der Waals surface area contributed by atoms with Gasteiger partial charge in [-0.2, -0.15) is 0 Å². The van der Waals surface area contributed by atoms with Gasteiger partial charge in [-0.1, -0.05) is 0 Å². The quantitative estimate of drug-likeness (QED) is 0.481. The first kappa shape index (κ1) is 20.6.